The fourth-order valence-electron chi connectivity index (χ4n) is 5.36. The third-order valence-electron chi connectivity index (χ3n) is 7.46. The first kappa shape index (κ1) is 25.2. The second kappa shape index (κ2) is 11.7. The van der Waals surface area contributed by atoms with Crippen LogP contribution < -0.4 is 0 Å². The summed E-state index contributed by atoms with van der Waals surface area (Å²) >= 11 is 0. The Kier molecular flexibility index (Phi) is 8.67. The summed E-state index contributed by atoms with van der Waals surface area (Å²) in [6, 6.07) is 8.58. The van der Waals surface area contributed by atoms with Crippen molar-refractivity contribution >= 4 is 0 Å². The molecule has 6 heteroatoms. The Bertz CT molecular complexity index is 948. The topological polar surface area (TPSA) is 38.7 Å². The molecule has 0 atom stereocenters. The second-order valence-electron chi connectivity index (χ2n) is 9.72. The zero-order chi connectivity index (χ0) is 24.1. The standard InChI is InChI=1S/C28H35F3O3/c1-2-33-16-18-3-4-21(26(29)15-18)17-34-23-11-7-20(8-12-23)25-14-13-24(27(30)28(25)31)19-5-9-22(32)10-6-19/h3-4,13-15,19-20,22-23,32H,2,5-12,16-17H2,1H3. The van der Waals surface area contributed by atoms with E-state index >= 15 is 0 Å². The van der Waals surface area contributed by atoms with Gasteiger partial charge in [0.05, 0.1) is 25.4 Å². The fourth-order valence-corrected chi connectivity index (χ4v) is 5.36. The van der Waals surface area contributed by atoms with E-state index < -0.39 is 11.6 Å². The Morgan fingerprint density at radius 3 is 1.94 bits per heavy atom. The number of rotatable bonds is 8. The Labute approximate surface area is 200 Å². The molecule has 34 heavy (non-hydrogen) atoms. The van der Waals surface area contributed by atoms with Gasteiger partial charge in [0, 0.05) is 12.2 Å². The number of aliphatic hydroxyl groups is 1. The molecule has 3 nitrogen and oxygen atoms in total. The molecule has 2 aliphatic carbocycles. The van der Waals surface area contributed by atoms with Crippen LogP contribution in [0, 0.1) is 17.5 Å². The van der Waals surface area contributed by atoms with Gasteiger partial charge in [0.25, 0.3) is 0 Å². The Morgan fingerprint density at radius 2 is 1.38 bits per heavy atom. The van der Waals surface area contributed by atoms with Gasteiger partial charge in [-0.2, -0.15) is 0 Å². The Balaban J connectivity index is 1.30. The molecule has 0 unspecified atom stereocenters. The minimum atomic E-state index is -0.722. The highest BCUT2D eigenvalue weighted by molar-refractivity contribution is 5.32. The van der Waals surface area contributed by atoms with E-state index in [0.29, 0.717) is 68.4 Å². The number of aliphatic hydroxyl groups excluding tert-OH is 1. The van der Waals surface area contributed by atoms with Crippen molar-refractivity contribution in [3.05, 3.63) is 70.0 Å². The average molecular weight is 477 g/mol. The molecule has 186 valence electrons. The summed E-state index contributed by atoms with van der Waals surface area (Å²) in [6.07, 6.45) is 5.21. The molecular weight excluding hydrogens is 441 g/mol. The van der Waals surface area contributed by atoms with Crippen LogP contribution in [0.2, 0.25) is 0 Å². The summed E-state index contributed by atoms with van der Waals surface area (Å²) in [6.45, 7) is 3.07. The summed E-state index contributed by atoms with van der Waals surface area (Å²) in [7, 11) is 0. The number of benzene rings is 2. The minimum absolute atomic E-state index is 0.0143. The molecule has 0 aromatic heterocycles. The van der Waals surface area contributed by atoms with E-state index in [9.17, 15) is 18.3 Å². The molecule has 0 bridgehead atoms. The Hall–Kier alpha value is -1.89. The SMILES string of the molecule is CCOCc1ccc(COC2CCC(c3ccc(C4CCC(O)CC4)c(F)c3F)CC2)c(F)c1. The van der Waals surface area contributed by atoms with Gasteiger partial charge in [-0.05, 0) is 92.9 Å². The van der Waals surface area contributed by atoms with Crippen molar-refractivity contribution in [2.24, 2.45) is 0 Å². The van der Waals surface area contributed by atoms with Gasteiger partial charge in [-0.1, -0.05) is 24.3 Å². The van der Waals surface area contributed by atoms with Gasteiger partial charge in [-0.25, -0.2) is 13.2 Å². The highest BCUT2D eigenvalue weighted by Crippen LogP contribution is 2.40. The van der Waals surface area contributed by atoms with Crippen LogP contribution in [0.5, 0.6) is 0 Å². The first-order valence-corrected chi connectivity index (χ1v) is 12.6. The molecule has 2 aromatic rings. The van der Waals surface area contributed by atoms with Gasteiger partial charge in [0.1, 0.15) is 5.82 Å². The highest BCUT2D eigenvalue weighted by Gasteiger charge is 2.29. The lowest BCUT2D eigenvalue weighted by molar-refractivity contribution is 0.0118. The summed E-state index contributed by atoms with van der Waals surface area (Å²) in [5.41, 5.74) is 2.21. The van der Waals surface area contributed by atoms with E-state index in [4.69, 9.17) is 9.47 Å². The van der Waals surface area contributed by atoms with Crippen molar-refractivity contribution in [1.82, 2.24) is 0 Å². The Morgan fingerprint density at radius 1 is 0.794 bits per heavy atom. The lowest BCUT2D eigenvalue weighted by atomic mass is 9.79. The maximum Gasteiger partial charge on any atom is 0.162 e. The number of hydrogen-bond acceptors (Lipinski definition) is 3. The van der Waals surface area contributed by atoms with Crippen LogP contribution in [0.4, 0.5) is 13.2 Å². The predicted molar refractivity (Wildman–Crippen MR) is 125 cm³/mol. The average Bonchev–Trinajstić information content (AvgIpc) is 2.85. The zero-order valence-electron chi connectivity index (χ0n) is 19.9. The number of halogens is 3. The molecule has 0 amide bonds. The molecule has 0 aliphatic heterocycles. The van der Waals surface area contributed by atoms with Crippen LogP contribution in [0.15, 0.2) is 30.3 Å². The molecular formula is C28H35F3O3. The van der Waals surface area contributed by atoms with Crippen molar-refractivity contribution < 1.29 is 27.8 Å². The maximum atomic E-state index is 15.0. The molecule has 0 heterocycles. The van der Waals surface area contributed by atoms with E-state index in [2.05, 4.69) is 0 Å². The van der Waals surface area contributed by atoms with Gasteiger partial charge in [-0.3, -0.25) is 0 Å². The smallest absolute Gasteiger partial charge is 0.162 e. The van der Waals surface area contributed by atoms with Crippen molar-refractivity contribution in [3.63, 3.8) is 0 Å². The van der Waals surface area contributed by atoms with E-state index in [1.165, 1.54) is 6.07 Å². The van der Waals surface area contributed by atoms with E-state index in [1.807, 2.05) is 13.0 Å². The van der Waals surface area contributed by atoms with Gasteiger partial charge in [-0.15, -0.1) is 0 Å². The molecule has 0 saturated heterocycles. The van der Waals surface area contributed by atoms with Gasteiger partial charge >= 0.3 is 0 Å². The number of hydrogen-bond donors (Lipinski definition) is 1. The monoisotopic (exact) mass is 476 g/mol. The molecule has 4 rings (SSSR count). The molecule has 2 saturated carbocycles. The van der Waals surface area contributed by atoms with Crippen molar-refractivity contribution in [1.29, 1.82) is 0 Å². The summed E-state index contributed by atoms with van der Waals surface area (Å²) in [5.74, 6) is -1.80. The third-order valence-corrected chi connectivity index (χ3v) is 7.46. The zero-order valence-corrected chi connectivity index (χ0v) is 19.9. The highest BCUT2D eigenvalue weighted by atomic mass is 19.2. The first-order chi connectivity index (χ1) is 16.5. The van der Waals surface area contributed by atoms with Crippen LogP contribution in [-0.4, -0.2) is 23.9 Å². The molecule has 2 aromatic carbocycles. The van der Waals surface area contributed by atoms with Crippen LogP contribution >= 0.6 is 0 Å². The van der Waals surface area contributed by atoms with Crippen LogP contribution in [-0.2, 0) is 22.7 Å². The van der Waals surface area contributed by atoms with Crippen molar-refractivity contribution in [2.75, 3.05) is 6.61 Å². The van der Waals surface area contributed by atoms with Gasteiger partial charge in [0.15, 0.2) is 11.6 Å². The lowest BCUT2D eigenvalue weighted by Gasteiger charge is -2.30. The van der Waals surface area contributed by atoms with E-state index in [-0.39, 0.29) is 36.5 Å². The first-order valence-electron chi connectivity index (χ1n) is 12.6. The summed E-state index contributed by atoms with van der Waals surface area (Å²) in [4.78, 5) is 0. The quantitative estimate of drug-likeness (QED) is 0.450. The maximum absolute atomic E-state index is 15.0. The largest absolute Gasteiger partial charge is 0.393 e. The minimum Gasteiger partial charge on any atom is -0.393 e. The third kappa shape index (κ3) is 6.02. The number of ether oxygens (including phenoxy) is 2. The van der Waals surface area contributed by atoms with Crippen molar-refractivity contribution in [3.8, 4) is 0 Å². The molecule has 2 fully saturated rings. The molecule has 0 radical (unpaired) electrons. The molecule has 2 aliphatic rings. The summed E-state index contributed by atoms with van der Waals surface area (Å²) in [5, 5.41) is 9.69. The van der Waals surface area contributed by atoms with Crippen LogP contribution in [0.3, 0.4) is 0 Å². The van der Waals surface area contributed by atoms with Gasteiger partial charge in [0.2, 0.25) is 0 Å². The van der Waals surface area contributed by atoms with Crippen LogP contribution in [0.1, 0.15) is 92.4 Å². The van der Waals surface area contributed by atoms with Crippen molar-refractivity contribution in [2.45, 2.75) is 95.5 Å². The summed E-state index contributed by atoms with van der Waals surface area (Å²) < 4.78 is 55.5. The van der Waals surface area contributed by atoms with Gasteiger partial charge < -0.3 is 14.6 Å². The fraction of sp³-hybridized carbons (Fsp3) is 0.571. The second-order valence-corrected chi connectivity index (χ2v) is 9.72. The van der Waals surface area contributed by atoms with Crippen LogP contribution in [0.25, 0.3) is 0 Å². The molecule has 0 spiro atoms. The lowest BCUT2D eigenvalue weighted by Crippen LogP contribution is -2.22. The molecule has 1 N–H and O–H groups in total. The normalized spacial score (nSPS) is 25.4. The predicted octanol–water partition coefficient (Wildman–Crippen LogP) is 6.90. The van der Waals surface area contributed by atoms with E-state index in [0.717, 1.165) is 18.4 Å². The van der Waals surface area contributed by atoms with E-state index in [1.54, 1.807) is 18.2 Å².